The third kappa shape index (κ3) is 4.55. The number of hydrogen-bond acceptors (Lipinski definition) is 4. The Bertz CT molecular complexity index is 268. The molecule has 4 nitrogen and oxygen atoms in total. The highest BCUT2D eigenvalue weighted by Gasteiger charge is 2.35. The Hall–Kier alpha value is -1.20. The van der Waals surface area contributed by atoms with Crippen LogP contribution in [0.1, 0.15) is 34.1 Å². The quantitative estimate of drug-likeness (QED) is 0.543. The van der Waals surface area contributed by atoms with Gasteiger partial charge in [0.25, 0.3) is 0 Å². The summed E-state index contributed by atoms with van der Waals surface area (Å²) in [6, 6.07) is 0. The third-order valence-corrected chi connectivity index (χ3v) is 2.17. The summed E-state index contributed by atoms with van der Waals surface area (Å²) in [4.78, 5) is 21.9. The van der Waals surface area contributed by atoms with Gasteiger partial charge in [0.2, 0.25) is 6.79 Å². The molecule has 0 saturated carbocycles. The maximum atomic E-state index is 12.3. The molecule has 0 rings (SSSR count). The van der Waals surface area contributed by atoms with Gasteiger partial charge in [-0.15, -0.1) is 0 Å². The average molecular weight is 238 g/mol. The summed E-state index contributed by atoms with van der Waals surface area (Å²) >= 11 is 0. The van der Waals surface area contributed by atoms with Crippen LogP contribution in [-0.4, -0.2) is 24.7 Å². The van der Waals surface area contributed by atoms with Gasteiger partial charge in [0.05, 0.1) is 5.41 Å². The van der Waals surface area contributed by atoms with Crippen molar-refractivity contribution in [2.45, 2.75) is 40.0 Å². The van der Waals surface area contributed by atoms with Gasteiger partial charge < -0.3 is 9.47 Å². The zero-order chi connectivity index (χ0) is 13.0. The van der Waals surface area contributed by atoms with Crippen LogP contribution in [0, 0.1) is 5.41 Å². The lowest BCUT2D eigenvalue weighted by molar-refractivity contribution is -0.188. The van der Waals surface area contributed by atoms with E-state index in [-0.39, 0.29) is 0 Å². The van der Waals surface area contributed by atoms with Crippen LogP contribution in [-0.2, 0) is 19.1 Å². The van der Waals surface area contributed by atoms with E-state index in [1.165, 1.54) is 0 Å². The number of carbonyl (C=O) groups is 2. The molecular formula is C10H16F2O4. The topological polar surface area (TPSA) is 52.6 Å². The van der Waals surface area contributed by atoms with E-state index in [0.29, 0.717) is 13.3 Å². The van der Waals surface area contributed by atoms with Gasteiger partial charge in [-0.25, -0.2) is 4.79 Å². The van der Waals surface area contributed by atoms with Crippen LogP contribution in [0.15, 0.2) is 0 Å². The van der Waals surface area contributed by atoms with E-state index in [4.69, 9.17) is 0 Å². The molecule has 0 radical (unpaired) electrons. The predicted molar refractivity (Wildman–Crippen MR) is 51.7 cm³/mol. The minimum absolute atomic E-state index is 0.410. The van der Waals surface area contributed by atoms with E-state index in [2.05, 4.69) is 9.47 Å². The van der Waals surface area contributed by atoms with Crippen molar-refractivity contribution < 1.29 is 27.8 Å². The number of rotatable bonds is 5. The van der Waals surface area contributed by atoms with Crippen molar-refractivity contribution in [1.29, 1.82) is 0 Å². The largest absolute Gasteiger partial charge is 0.427 e. The molecule has 0 amide bonds. The second-order valence-corrected chi connectivity index (χ2v) is 4.11. The lowest BCUT2D eigenvalue weighted by atomic mass is 9.91. The number of hydrogen-bond donors (Lipinski definition) is 0. The van der Waals surface area contributed by atoms with E-state index >= 15 is 0 Å². The highest BCUT2D eigenvalue weighted by atomic mass is 19.3. The van der Waals surface area contributed by atoms with Crippen molar-refractivity contribution in [3.05, 3.63) is 0 Å². The van der Waals surface area contributed by atoms with Gasteiger partial charge in [0.15, 0.2) is 0 Å². The van der Waals surface area contributed by atoms with Crippen LogP contribution in [0.2, 0.25) is 0 Å². The molecule has 0 saturated heterocycles. The minimum atomic E-state index is -3.58. The maximum absolute atomic E-state index is 12.3. The van der Waals surface area contributed by atoms with Gasteiger partial charge >= 0.3 is 17.9 Å². The van der Waals surface area contributed by atoms with Crippen molar-refractivity contribution in [1.82, 2.24) is 0 Å². The Morgan fingerprint density at radius 1 is 1.06 bits per heavy atom. The first-order valence-corrected chi connectivity index (χ1v) is 4.83. The van der Waals surface area contributed by atoms with Gasteiger partial charge in [-0.1, -0.05) is 6.92 Å². The van der Waals surface area contributed by atoms with Gasteiger partial charge in [-0.05, 0) is 20.3 Å². The summed E-state index contributed by atoms with van der Waals surface area (Å²) in [6.45, 7) is 4.70. The number of ether oxygens (including phenoxy) is 2. The molecule has 0 heterocycles. The van der Waals surface area contributed by atoms with E-state index in [1.807, 2.05) is 0 Å². The van der Waals surface area contributed by atoms with Crippen LogP contribution in [0.3, 0.4) is 0 Å². The molecule has 0 aliphatic rings. The molecule has 0 atom stereocenters. The number of carbonyl (C=O) groups excluding carboxylic acids is 2. The Balaban J connectivity index is 4.02. The third-order valence-electron chi connectivity index (χ3n) is 2.17. The molecule has 0 unspecified atom stereocenters. The molecule has 0 aliphatic heterocycles. The molecule has 0 aromatic carbocycles. The van der Waals surface area contributed by atoms with Crippen molar-refractivity contribution in [3.8, 4) is 0 Å². The molecule has 16 heavy (non-hydrogen) atoms. The van der Waals surface area contributed by atoms with E-state index in [9.17, 15) is 18.4 Å². The van der Waals surface area contributed by atoms with Gasteiger partial charge in [-0.3, -0.25) is 4.79 Å². The van der Waals surface area contributed by atoms with Crippen molar-refractivity contribution in [3.63, 3.8) is 0 Å². The molecule has 0 bridgehead atoms. The average Bonchev–Trinajstić information content (AvgIpc) is 2.15. The Morgan fingerprint density at radius 3 is 1.88 bits per heavy atom. The second-order valence-electron chi connectivity index (χ2n) is 4.11. The predicted octanol–water partition coefficient (Wildman–Crippen LogP) is 2.12. The summed E-state index contributed by atoms with van der Waals surface area (Å²) in [5.41, 5.74) is -0.721. The molecule has 0 spiro atoms. The first-order chi connectivity index (χ1) is 7.11. The minimum Gasteiger partial charge on any atom is -0.427 e. The lowest BCUT2D eigenvalue weighted by Gasteiger charge is -2.20. The first kappa shape index (κ1) is 14.8. The van der Waals surface area contributed by atoms with E-state index in [1.54, 1.807) is 20.8 Å². The summed E-state index contributed by atoms with van der Waals surface area (Å²) in [6.07, 6.45) is 0.531. The molecule has 0 aliphatic carbocycles. The lowest BCUT2D eigenvalue weighted by Crippen LogP contribution is -2.31. The zero-order valence-corrected chi connectivity index (χ0v) is 9.80. The van der Waals surface area contributed by atoms with Crippen LogP contribution in [0.5, 0.6) is 0 Å². The second kappa shape index (κ2) is 5.23. The first-order valence-electron chi connectivity index (χ1n) is 4.83. The van der Waals surface area contributed by atoms with Crippen LogP contribution in [0.4, 0.5) is 8.78 Å². The fourth-order valence-corrected chi connectivity index (χ4v) is 0.603. The molecule has 94 valence electrons. The van der Waals surface area contributed by atoms with E-state index < -0.39 is 30.1 Å². The fraction of sp³-hybridized carbons (Fsp3) is 0.800. The summed E-state index contributed by atoms with van der Waals surface area (Å²) in [7, 11) is 0. The highest BCUT2D eigenvalue weighted by molar-refractivity contribution is 5.78. The standard InChI is InChI=1S/C10H16F2O4/c1-5-9(2,3)7(13)15-6-16-8(14)10(4,11)12/h5-6H2,1-4H3. The normalized spacial score (nSPS) is 12.1. The molecular weight excluding hydrogens is 222 g/mol. The monoisotopic (exact) mass is 238 g/mol. The van der Waals surface area contributed by atoms with Gasteiger partial charge in [-0.2, -0.15) is 8.78 Å². The number of esters is 2. The molecule has 0 aromatic rings. The van der Waals surface area contributed by atoms with E-state index in [0.717, 1.165) is 0 Å². The van der Waals surface area contributed by atoms with Crippen LogP contribution < -0.4 is 0 Å². The Labute approximate surface area is 92.9 Å². The molecule has 0 N–H and O–H groups in total. The maximum Gasteiger partial charge on any atom is 0.379 e. The smallest absolute Gasteiger partial charge is 0.379 e. The molecule has 6 heteroatoms. The number of alkyl halides is 2. The number of halogens is 2. The van der Waals surface area contributed by atoms with Crippen molar-refractivity contribution >= 4 is 11.9 Å². The Morgan fingerprint density at radius 2 is 1.50 bits per heavy atom. The zero-order valence-electron chi connectivity index (χ0n) is 9.80. The van der Waals surface area contributed by atoms with Gasteiger partial charge in [0.1, 0.15) is 0 Å². The Kier molecular flexibility index (Phi) is 4.83. The summed E-state index contributed by atoms with van der Waals surface area (Å²) < 4.78 is 33.3. The van der Waals surface area contributed by atoms with Crippen LogP contribution in [0.25, 0.3) is 0 Å². The van der Waals surface area contributed by atoms with Crippen molar-refractivity contribution in [2.24, 2.45) is 5.41 Å². The fourth-order valence-electron chi connectivity index (χ4n) is 0.603. The molecule has 0 aromatic heterocycles. The summed E-state index contributed by atoms with van der Waals surface area (Å²) in [5.74, 6) is -5.89. The van der Waals surface area contributed by atoms with Crippen molar-refractivity contribution in [2.75, 3.05) is 6.79 Å². The highest BCUT2D eigenvalue weighted by Crippen LogP contribution is 2.21. The molecule has 0 fully saturated rings. The van der Waals surface area contributed by atoms with Crippen LogP contribution >= 0.6 is 0 Å². The SMILES string of the molecule is CCC(C)(C)C(=O)OCOC(=O)C(C)(F)F. The van der Waals surface area contributed by atoms with Gasteiger partial charge in [0, 0.05) is 6.92 Å². The summed E-state index contributed by atoms with van der Waals surface area (Å²) in [5, 5.41) is 0.